The molecule has 0 saturated heterocycles. The largest absolute Gasteiger partial charge is 0.495 e. The highest BCUT2D eigenvalue weighted by atomic mass is 79.9. The second kappa shape index (κ2) is 4.87. The highest BCUT2D eigenvalue weighted by Crippen LogP contribution is 2.35. The Labute approximate surface area is 114 Å². The molecular formula is C10H6BrClO2S2. The Kier molecular flexibility index (Phi) is 3.69. The summed E-state index contributed by atoms with van der Waals surface area (Å²) in [4.78, 5) is 13.3. The number of methoxy groups -OCH3 is 1. The van der Waals surface area contributed by atoms with Gasteiger partial charge in [-0.2, -0.15) is 0 Å². The number of ketones is 1. The first-order valence-electron chi connectivity index (χ1n) is 4.24. The van der Waals surface area contributed by atoms with Crippen LogP contribution in [0.4, 0.5) is 0 Å². The molecule has 2 nitrogen and oxygen atoms in total. The van der Waals surface area contributed by atoms with Crippen molar-refractivity contribution in [3.05, 3.63) is 36.1 Å². The number of rotatable bonds is 3. The predicted octanol–water partition coefficient (Wildman–Crippen LogP) is 4.47. The number of thiophene rings is 2. The van der Waals surface area contributed by atoms with Crippen LogP contribution >= 0.6 is 50.2 Å². The minimum Gasteiger partial charge on any atom is -0.495 e. The fourth-order valence-corrected chi connectivity index (χ4v) is 3.72. The van der Waals surface area contributed by atoms with Crippen LogP contribution in [0.25, 0.3) is 0 Å². The van der Waals surface area contributed by atoms with Crippen LogP contribution in [-0.4, -0.2) is 12.9 Å². The maximum atomic E-state index is 12.1. The quantitative estimate of drug-likeness (QED) is 0.773. The Morgan fingerprint density at radius 2 is 2.31 bits per heavy atom. The average molecular weight is 338 g/mol. The molecule has 0 aromatic carbocycles. The molecule has 0 aliphatic rings. The van der Waals surface area contributed by atoms with Gasteiger partial charge in [-0.25, -0.2) is 0 Å². The zero-order chi connectivity index (χ0) is 11.7. The lowest BCUT2D eigenvalue weighted by Gasteiger charge is -1.98. The van der Waals surface area contributed by atoms with Crippen molar-refractivity contribution in [2.24, 2.45) is 0 Å². The molecular weight excluding hydrogens is 332 g/mol. The zero-order valence-electron chi connectivity index (χ0n) is 8.12. The van der Waals surface area contributed by atoms with Crippen molar-refractivity contribution in [2.75, 3.05) is 7.11 Å². The predicted molar refractivity (Wildman–Crippen MR) is 71.3 cm³/mol. The molecule has 2 heterocycles. The number of hydrogen-bond acceptors (Lipinski definition) is 4. The van der Waals surface area contributed by atoms with E-state index in [1.165, 1.54) is 22.7 Å². The Bertz CT molecular complexity index is 513. The number of carbonyl (C=O) groups is 1. The highest BCUT2D eigenvalue weighted by Gasteiger charge is 2.19. The second-order valence-electron chi connectivity index (χ2n) is 2.88. The summed E-state index contributed by atoms with van der Waals surface area (Å²) in [6.45, 7) is 0. The summed E-state index contributed by atoms with van der Waals surface area (Å²) >= 11 is 11.8. The molecule has 0 fully saturated rings. The summed E-state index contributed by atoms with van der Waals surface area (Å²) in [6, 6.07) is 3.51. The first-order chi connectivity index (χ1) is 7.63. The lowest BCUT2D eigenvalue weighted by atomic mass is 10.2. The molecule has 2 aromatic heterocycles. The summed E-state index contributed by atoms with van der Waals surface area (Å²) in [5, 5.41) is 1.83. The van der Waals surface area contributed by atoms with E-state index >= 15 is 0 Å². The first kappa shape index (κ1) is 12.1. The van der Waals surface area contributed by atoms with Gasteiger partial charge in [0.1, 0.15) is 15.0 Å². The number of halogens is 2. The Morgan fingerprint density at radius 3 is 2.88 bits per heavy atom. The topological polar surface area (TPSA) is 26.3 Å². The third-order valence-electron chi connectivity index (χ3n) is 1.92. The number of carbonyl (C=O) groups excluding carboxylic acids is 1. The summed E-state index contributed by atoms with van der Waals surface area (Å²) < 4.78 is 6.44. The molecule has 0 bridgehead atoms. The van der Waals surface area contributed by atoms with Gasteiger partial charge in [-0.3, -0.25) is 4.79 Å². The van der Waals surface area contributed by atoms with E-state index in [9.17, 15) is 4.79 Å². The van der Waals surface area contributed by atoms with Crippen LogP contribution in [0, 0.1) is 0 Å². The van der Waals surface area contributed by atoms with Gasteiger partial charge in [-0.15, -0.1) is 22.7 Å². The van der Waals surface area contributed by atoms with E-state index in [1.54, 1.807) is 19.2 Å². The number of ether oxygens (including phenoxy) is 1. The van der Waals surface area contributed by atoms with Gasteiger partial charge < -0.3 is 4.74 Å². The third kappa shape index (κ3) is 2.18. The van der Waals surface area contributed by atoms with Crippen molar-refractivity contribution in [3.8, 4) is 5.75 Å². The van der Waals surface area contributed by atoms with Crippen molar-refractivity contribution < 1.29 is 9.53 Å². The van der Waals surface area contributed by atoms with Crippen molar-refractivity contribution in [1.29, 1.82) is 0 Å². The van der Waals surface area contributed by atoms with Gasteiger partial charge in [-0.1, -0.05) is 11.6 Å². The fraction of sp³-hybridized carbons (Fsp3) is 0.100. The molecule has 0 amide bonds. The average Bonchev–Trinajstić information content (AvgIpc) is 2.85. The minimum absolute atomic E-state index is 0.0514. The van der Waals surface area contributed by atoms with E-state index in [-0.39, 0.29) is 5.78 Å². The molecule has 6 heteroatoms. The van der Waals surface area contributed by atoms with Gasteiger partial charge in [-0.05, 0) is 33.4 Å². The minimum atomic E-state index is -0.0514. The monoisotopic (exact) mass is 336 g/mol. The summed E-state index contributed by atoms with van der Waals surface area (Å²) in [6.07, 6.45) is 0. The molecule has 2 rings (SSSR count). The standard InChI is InChI=1S/C10H6BrClO2S2/c1-14-6-2-3-15-9(6)8(13)7-4-5(11)10(12)16-7/h2-4H,1H3. The lowest BCUT2D eigenvalue weighted by molar-refractivity contribution is 0.104. The molecule has 2 aromatic rings. The maximum Gasteiger partial charge on any atom is 0.216 e. The maximum absolute atomic E-state index is 12.1. The van der Waals surface area contributed by atoms with Gasteiger partial charge in [0, 0.05) is 4.47 Å². The van der Waals surface area contributed by atoms with Gasteiger partial charge in [0.25, 0.3) is 0 Å². The molecule has 0 saturated carbocycles. The van der Waals surface area contributed by atoms with Crippen LogP contribution in [0.5, 0.6) is 5.75 Å². The van der Waals surface area contributed by atoms with E-state index in [0.717, 1.165) is 4.47 Å². The van der Waals surface area contributed by atoms with Crippen LogP contribution in [0.2, 0.25) is 4.34 Å². The molecule has 16 heavy (non-hydrogen) atoms. The van der Waals surface area contributed by atoms with Crippen molar-refractivity contribution in [3.63, 3.8) is 0 Å². The lowest BCUT2D eigenvalue weighted by Crippen LogP contribution is -1.97. The summed E-state index contributed by atoms with van der Waals surface area (Å²) in [5.74, 6) is 0.556. The smallest absolute Gasteiger partial charge is 0.216 e. The number of hydrogen-bond donors (Lipinski definition) is 0. The molecule has 0 aliphatic heterocycles. The molecule has 0 aliphatic carbocycles. The normalized spacial score (nSPS) is 10.4. The van der Waals surface area contributed by atoms with E-state index < -0.39 is 0 Å². The van der Waals surface area contributed by atoms with Crippen LogP contribution in [0.3, 0.4) is 0 Å². The Morgan fingerprint density at radius 1 is 1.56 bits per heavy atom. The van der Waals surface area contributed by atoms with Crippen molar-refractivity contribution in [2.45, 2.75) is 0 Å². The van der Waals surface area contributed by atoms with Crippen molar-refractivity contribution >= 4 is 56.0 Å². The highest BCUT2D eigenvalue weighted by molar-refractivity contribution is 9.10. The first-order valence-corrected chi connectivity index (χ1v) is 7.11. The van der Waals surface area contributed by atoms with Crippen LogP contribution in [0.1, 0.15) is 14.5 Å². The third-order valence-corrected chi connectivity index (χ3v) is 5.29. The van der Waals surface area contributed by atoms with Gasteiger partial charge in [0.15, 0.2) is 0 Å². The van der Waals surface area contributed by atoms with E-state index in [0.29, 0.717) is 19.8 Å². The van der Waals surface area contributed by atoms with Crippen LogP contribution in [-0.2, 0) is 0 Å². The Hall–Kier alpha value is -0.360. The van der Waals surface area contributed by atoms with Gasteiger partial charge in [0.2, 0.25) is 5.78 Å². The SMILES string of the molecule is COc1ccsc1C(=O)c1cc(Br)c(Cl)s1. The van der Waals surface area contributed by atoms with Gasteiger partial charge in [0.05, 0.1) is 12.0 Å². The Balaban J connectivity index is 2.39. The fourth-order valence-electron chi connectivity index (χ4n) is 1.19. The van der Waals surface area contributed by atoms with Crippen LogP contribution in [0.15, 0.2) is 22.0 Å². The van der Waals surface area contributed by atoms with Crippen LogP contribution < -0.4 is 4.74 Å². The summed E-state index contributed by atoms with van der Waals surface area (Å²) in [7, 11) is 1.55. The molecule has 0 spiro atoms. The summed E-state index contributed by atoms with van der Waals surface area (Å²) in [5.41, 5.74) is 0. The van der Waals surface area contributed by atoms with E-state index in [2.05, 4.69) is 15.9 Å². The molecule has 84 valence electrons. The molecule has 0 unspecified atom stereocenters. The van der Waals surface area contributed by atoms with E-state index in [1.807, 2.05) is 5.38 Å². The molecule has 0 radical (unpaired) electrons. The second-order valence-corrected chi connectivity index (χ2v) is 6.30. The van der Waals surface area contributed by atoms with Gasteiger partial charge >= 0.3 is 0 Å². The van der Waals surface area contributed by atoms with E-state index in [4.69, 9.17) is 16.3 Å². The van der Waals surface area contributed by atoms with Crippen molar-refractivity contribution in [1.82, 2.24) is 0 Å². The molecule has 0 atom stereocenters. The zero-order valence-corrected chi connectivity index (χ0v) is 12.1. The molecule has 0 N–H and O–H groups in total.